The number of para-hydroxylation sites is 1. The summed E-state index contributed by atoms with van der Waals surface area (Å²) in [6.07, 6.45) is -0.528. The van der Waals surface area contributed by atoms with Crippen LogP contribution in [0, 0.1) is 5.82 Å². The molecule has 3 nitrogen and oxygen atoms in total. The summed E-state index contributed by atoms with van der Waals surface area (Å²) >= 11 is 0. The van der Waals surface area contributed by atoms with Gasteiger partial charge >= 0.3 is 0 Å². The molecule has 0 saturated heterocycles. The third-order valence-corrected chi connectivity index (χ3v) is 2.73. The molecule has 0 fully saturated rings. The molecule has 0 aromatic heterocycles. The summed E-state index contributed by atoms with van der Waals surface area (Å²) in [6, 6.07) is 4.75. The summed E-state index contributed by atoms with van der Waals surface area (Å²) in [6.45, 7) is 6.67. The number of anilines is 1. The topological polar surface area (TPSA) is 32.7 Å². The minimum absolute atomic E-state index is 0.162. The molecule has 102 valence electrons. The molecule has 1 aromatic carbocycles. The van der Waals surface area contributed by atoms with Crippen molar-refractivity contribution in [3.8, 4) is 0 Å². The smallest absolute Gasteiger partial charge is 0.146 e. The van der Waals surface area contributed by atoms with Gasteiger partial charge in [0.05, 0.1) is 24.5 Å². The quantitative estimate of drug-likeness (QED) is 0.848. The van der Waals surface area contributed by atoms with Crippen LogP contribution in [0.1, 0.15) is 32.4 Å². The molecule has 0 bridgehead atoms. The summed E-state index contributed by atoms with van der Waals surface area (Å²) in [5, 5.41) is 9.67. The number of aliphatic hydroxyl groups is 1. The van der Waals surface area contributed by atoms with Gasteiger partial charge in [-0.2, -0.15) is 0 Å². The Bertz CT molecular complexity index is 380. The molecule has 1 rings (SSSR count). The van der Waals surface area contributed by atoms with Gasteiger partial charge in [-0.25, -0.2) is 4.39 Å². The van der Waals surface area contributed by atoms with Crippen LogP contribution in [0.4, 0.5) is 10.1 Å². The molecule has 0 radical (unpaired) electrons. The Morgan fingerprint density at radius 1 is 1.33 bits per heavy atom. The largest absolute Gasteiger partial charge is 0.389 e. The van der Waals surface area contributed by atoms with E-state index >= 15 is 0 Å². The number of aliphatic hydroxyl groups excluding tert-OH is 1. The molecule has 1 N–H and O–H groups in total. The zero-order chi connectivity index (χ0) is 13.7. The number of rotatable bonds is 6. The number of halogens is 1. The first-order valence-corrected chi connectivity index (χ1v) is 6.22. The van der Waals surface area contributed by atoms with E-state index in [9.17, 15) is 9.50 Å². The van der Waals surface area contributed by atoms with Gasteiger partial charge in [-0.1, -0.05) is 12.1 Å². The lowest BCUT2D eigenvalue weighted by atomic mass is 10.1. The molecule has 0 heterocycles. The minimum Gasteiger partial charge on any atom is -0.389 e. The van der Waals surface area contributed by atoms with Gasteiger partial charge in [0.25, 0.3) is 0 Å². The maximum Gasteiger partial charge on any atom is 0.146 e. The van der Waals surface area contributed by atoms with Gasteiger partial charge in [0, 0.05) is 19.2 Å². The van der Waals surface area contributed by atoms with E-state index in [4.69, 9.17) is 4.74 Å². The van der Waals surface area contributed by atoms with E-state index in [1.807, 2.05) is 13.8 Å². The van der Waals surface area contributed by atoms with Gasteiger partial charge in [-0.3, -0.25) is 0 Å². The molecule has 0 aliphatic carbocycles. The van der Waals surface area contributed by atoms with E-state index < -0.39 is 6.10 Å². The molecule has 18 heavy (non-hydrogen) atoms. The van der Waals surface area contributed by atoms with Gasteiger partial charge in [0.15, 0.2) is 0 Å². The van der Waals surface area contributed by atoms with Crippen LogP contribution in [0.2, 0.25) is 0 Å². The van der Waals surface area contributed by atoms with Crippen LogP contribution in [0.3, 0.4) is 0 Å². The monoisotopic (exact) mass is 255 g/mol. The first-order valence-electron chi connectivity index (χ1n) is 6.22. The molecule has 0 aliphatic heterocycles. The van der Waals surface area contributed by atoms with Gasteiger partial charge in [0.1, 0.15) is 5.82 Å². The van der Waals surface area contributed by atoms with Gasteiger partial charge < -0.3 is 14.7 Å². The number of nitrogens with zero attached hydrogens (tertiary/aromatic N) is 1. The van der Waals surface area contributed by atoms with Crippen LogP contribution in [0.15, 0.2) is 18.2 Å². The molecule has 1 atom stereocenters. The zero-order valence-corrected chi connectivity index (χ0v) is 11.5. The average molecular weight is 255 g/mol. The molecule has 0 amide bonds. The highest BCUT2D eigenvalue weighted by molar-refractivity contribution is 5.55. The van der Waals surface area contributed by atoms with Crippen molar-refractivity contribution in [3.05, 3.63) is 29.6 Å². The molecular formula is C14H22FNO2. The predicted octanol–water partition coefficient (Wildman–Crippen LogP) is 2.74. The summed E-state index contributed by atoms with van der Waals surface area (Å²) in [4.78, 5) is 1.78. The fourth-order valence-corrected chi connectivity index (χ4v) is 1.81. The average Bonchev–Trinajstić information content (AvgIpc) is 2.27. The van der Waals surface area contributed by atoms with Crippen LogP contribution in [-0.2, 0) is 4.74 Å². The Labute approximate surface area is 108 Å². The Balaban J connectivity index is 2.80. The summed E-state index contributed by atoms with van der Waals surface area (Å²) < 4.78 is 19.3. The number of benzene rings is 1. The second-order valence-corrected chi connectivity index (χ2v) is 4.69. The molecular weight excluding hydrogens is 233 g/mol. The molecule has 1 aromatic rings. The fraction of sp³-hybridized carbons (Fsp3) is 0.571. The Kier molecular flexibility index (Phi) is 5.56. The van der Waals surface area contributed by atoms with Crippen molar-refractivity contribution in [2.75, 3.05) is 25.1 Å². The van der Waals surface area contributed by atoms with E-state index in [1.54, 1.807) is 31.0 Å². The second-order valence-electron chi connectivity index (χ2n) is 4.69. The van der Waals surface area contributed by atoms with Crippen molar-refractivity contribution < 1.29 is 14.2 Å². The molecule has 0 unspecified atom stereocenters. The van der Waals surface area contributed by atoms with Crippen molar-refractivity contribution in [1.29, 1.82) is 0 Å². The van der Waals surface area contributed by atoms with Crippen molar-refractivity contribution in [3.63, 3.8) is 0 Å². The highest BCUT2D eigenvalue weighted by Crippen LogP contribution is 2.28. The van der Waals surface area contributed by atoms with Crippen LogP contribution in [-0.4, -0.2) is 31.4 Å². The highest BCUT2D eigenvalue weighted by atomic mass is 19.1. The maximum atomic E-state index is 13.9. The van der Waals surface area contributed by atoms with Gasteiger partial charge in [0.2, 0.25) is 0 Å². The Morgan fingerprint density at radius 3 is 2.56 bits per heavy atom. The van der Waals surface area contributed by atoms with E-state index in [-0.39, 0.29) is 11.9 Å². The number of likely N-dealkylation sites (N-methyl/N-ethyl adjacent to an activating group) is 1. The van der Waals surface area contributed by atoms with Gasteiger partial charge in [-0.05, 0) is 26.8 Å². The Morgan fingerprint density at radius 2 is 2.00 bits per heavy atom. The maximum absolute atomic E-state index is 13.9. The van der Waals surface area contributed by atoms with Crippen LogP contribution < -0.4 is 4.90 Å². The SMILES string of the molecule is CC(C)OCCN(C)c1c(F)cccc1[C@@H](C)O. The second kappa shape index (κ2) is 6.71. The third kappa shape index (κ3) is 3.96. The molecule has 0 saturated carbocycles. The van der Waals surface area contributed by atoms with E-state index in [2.05, 4.69) is 0 Å². The van der Waals surface area contributed by atoms with E-state index in [0.29, 0.717) is 24.4 Å². The standard InChI is InChI=1S/C14H22FNO2/c1-10(2)18-9-8-16(4)14-12(11(3)17)6-5-7-13(14)15/h5-7,10-11,17H,8-9H2,1-4H3/t11-/m1/s1. The predicted molar refractivity (Wildman–Crippen MR) is 71.4 cm³/mol. The van der Waals surface area contributed by atoms with Crippen LogP contribution in [0.25, 0.3) is 0 Å². The van der Waals surface area contributed by atoms with Crippen molar-refractivity contribution in [2.24, 2.45) is 0 Å². The van der Waals surface area contributed by atoms with Crippen molar-refractivity contribution in [1.82, 2.24) is 0 Å². The lowest BCUT2D eigenvalue weighted by Gasteiger charge is -2.24. The minimum atomic E-state index is -0.691. The normalized spacial score (nSPS) is 12.8. The number of hydrogen-bond donors (Lipinski definition) is 1. The number of hydrogen-bond acceptors (Lipinski definition) is 3. The summed E-state index contributed by atoms with van der Waals surface area (Å²) in [5.41, 5.74) is 1.04. The Hall–Kier alpha value is -1.13. The third-order valence-electron chi connectivity index (χ3n) is 2.73. The first-order chi connectivity index (χ1) is 8.43. The van der Waals surface area contributed by atoms with Crippen molar-refractivity contribution in [2.45, 2.75) is 33.0 Å². The first kappa shape index (κ1) is 14.9. The van der Waals surface area contributed by atoms with Crippen LogP contribution in [0.5, 0.6) is 0 Å². The molecule has 4 heteroatoms. The summed E-state index contributed by atoms with van der Waals surface area (Å²) in [5.74, 6) is -0.319. The van der Waals surface area contributed by atoms with Crippen molar-refractivity contribution >= 4 is 5.69 Å². The zero-order valence-electron chi connectivity index (χ0n) is 11.5. The van der Waals surface area contributed by atoms with Crippen LogP contribution >= 0.6 is 0 Å². The molecule has 0 spiro atoms. The highest BCUT2D eigenvalue weighted by Gasteiger charge is 2.15. The fourth-order valence-electron chi connectivity index (χ4n) is 1.81. The van der Waals surface area contributed by atoms with Gasteiger partial charge in [-0.15, -0.1) is 0 Å². The lowest BCUT2D eigenvalue weighted by molar-refractivity contribution is 0.0844. The lowest BCUT2D eigenvalue weighted by Crippen LogP contribution is -2.26. The van der Waals surface area contributed by atoms with E-state index in [1.165, 1.54) is 6.07 Å². The number of ether oxygens (including phenoxy) is 1. The van der Waals surface area contributed by atoms with E-state index in [0.717, 1.165) is 0 Å². The molecule has 0 aliphatic rings. The summed E-state index contributed by atoms with van der Waals surface area (Å²) in [7, 11) is 1.80.